The van der Waals surface area contributed by atoms with Crippen LogP contribution in [-0.2, 0) is 10.9 Å². The zero-order valence-electron chi connectivity index (χ0n) is 10.4. The third-order valence-electron chi connectivity index (χ3n) is 4.24. The van der Waals surface area contributed by atoms with Gasteiger partial charge in [-0.2, -0.15) is 13.2 Å². The van der Waals surface area contributed by atoms with Gasteiger partial charge in [-0.05, 0) is 30.9 Å². The van der Waals surface area contributed by atoms with Crippen LogP contribution in [0.3, 0.4) is 0 Å². The van der Waals surface area contributed by atoms with Gasteiger partial charge in [0.2, 0.25) is 0 Å². The van der Waals surface area contributed by atoms with Crippen LogP contribution in [0.1, 0.15) is 36.4 Å². The predicted molar refractivity (Wildman–Crippen MR) is 64.4 cm³/mol. The van der Waals surface area contributed by atoms with E-state index in [2.05, 4.69) is 0 Å². The van der Waals surface area contributed by atoms with Crippen LogP contribution in [0.2, 0.25) is 0 Å². The second kappa shape index (κ2) is 4.49. The van der Waals surface area contributed by atoms with Gasteiger partial charge in [0.05, 0.1) is 17.8 Å². The molecule has 3 rings (SSSR count). The van der Waals surface area contributed by atoms with E-state index in [-0.39, 0.29) is 23.7 Å². The Labute approximate surface area is 109 Å². The summed E-state index contributed by atoms with van der Waals surface area (Å²) in [6, 6.07) is 4.99. The van der Waals surface area contributed by atoms with Crippen molar-refractivity contribution in [3.05, 3.63) is 35.4 Å². The summed E-state index contributed by atoms with van der Waals surface area (Å²) in [4.78, 5) is 0. The lowest BCUT2D eigenvalue weighted by molar-refractivity contribution is -0.138. The molecule has 1 aromatic carbocycles. The summed E-state index contributed by atoms with van der Waals surface area (Å²) in [6.07, 6.45) is -1.43. The molecule has 0 radical (unpaired) electrons. The highest BCUT2D eigenvalue weighted by molar-refractivity contribution is 5.33. The topological polar surface area (TPSA) is 35.2 Å². The fourth-order valence-corrected chi connectivity index (χ4v) is 3.33. The SMILES string of the molecule is NC(c1ccccc1C(F)(F)F)C1CC2CCC1O2. The first kappa shape index (κ1) is 12.9. The molecule has 19 heavy (non-hydrogen) atoms. The average molecular weight is 271 g/mol. The number of hydrogen-bond acceptors (Lipinski definition) is 2. The molecule has 2 aliphatic heterocycles. The molecular weight excluding hydrogens is 255 g/mol. The Morgan fingerprint density at radius 1 is 1.21 bits per heavy atom. The minimum atomic E-state index is -4.35. The van der Waals surface area contributed by atoms with Gasteiger partial charge in [0.1, 0.15) is 0 Å². The van der Waals surface area contributed by atoms with Crippen LogP contribution >= 0.6 is 0 Å². The molecule has 0 amide bonds. The van der Waals surface area contributed by atoms with Crippen LogP contribution in [0.4, 0.5) is 13.2 Å². The van der Waals surface area contributed by atoms with E-state index in [1.807, 2.05) is 0 Å². The molecular formula is C14H16F3NO. The first-order valence-electron chi connectivity index (χ1n) is 6.54. The van der Waals surface area contributed by atoms with Gasteiger partial charge >= 0.3 is 6.18 Å². The summed E-state index contributed by atoms with van der Waals surface area (Å²) in [5.41, 5.74) is 5.68. The highest BCUT2D eigenvalue weighted by Crippen LogP contribution is 2.45. The van der Waals surface area contributed by atoms with Gasteiger partial charge in [-0.3, -0.25) is 0 Å². The molecule has 0 spiro atoms. The van der Waals surface area contributed by atoms with Crippen molar-refractivity contribution in [1.29, 1.82) is 0 Å². The normalized spacial score (nSPS) is 31.7. The predicted octanol–water partition coefficient (Wildman–Crippen LogP) is 3.27. The average Bonchev–Trinajstić information content (AvgIpc) is 2.99. The molecule has 4 unspecified atom stereocenters. The molecule has 1 aromatic rings. The molecule has 2 aliphatic rings. The van der Waals surface area contributed by atoms with Crippen LogP contribution in [0, 0.1) is 5.92 Å². The fraction of sp³-hybridized carbons (Fsp3) is 0.571. The number of alkyl halides is 3. The van der Waals surface area contributed by atoms with E-state index in [4.69, 9.17) is 10.5 Å². The van der Waals surface area contributed by atoms with Crippen molar-refractivity contribution in [3.63, 3.8) is 0 Å². The third kappa shape index (κ3) is 2.25. The number of fused-ring (bicyclic) bond motifs is 2. The van der Waals surface area contributed by atoms with Gasteiger partial charge in [-0.15, -0.1) is 0 Å². The van der Waals surface area contributed by atoms with Crippen molar-refractivity contribution in [3.8, 4) is 0 Å². The lowest BCUT2D eigenvalue weighted by Gasteiger charge is -2.27. The van der Waals surface area contributed by atoms with E-state index in [0.29, 0.717) is 0 Å². The van der Waals surface area contributed by atoms with Gasteiger partial charge < -0.3 is 10.5 Å². The summed E-state index contributed by atoms with van der Waals surface area (Å²) in [5, 5.41) is 0. The number of ether oxygens (including phenoxy) is 1. The molecule has 0 aliphatic carbocycles. The molecule has 2 N–H and O–H groups in total. The summed E-state index contributed by atoms with van der Waals surface area (Å²) in [5.74, 6) is 0.00208. The van der Waals surface area contributed by atoms with E-state index >= 15 is 0 Å². The van der Waals surface area contributed by atoms with Gasteiger partial charge in [-0.1, -0.05) is 18.2 Å². The Morgan fingerprint density at radius 2 is 1.95 bits per heavy atom. The molecule has 2 nitrogen and oxygen atoms in total. The van der Waals surface area contributed by atoms with Gasteiger partial charge in [-0.25, -0.2) is 0 Å². The highest BCUT2D eigenvalue weighted by Gasteiger charge is 2.45. The summed E-state index contributed by atoms with van der Waals surface area (Å²) in [6.45, 7) is 0. The summed E-state index contributed by atoms with van der Waals surface area (Å²) < 4.78 is 44.7. The number of nitrogens with two attached hydrogens (primary N) is 1. The van der Waals surface area contributed by atoms with E-state index in [9.17, 15) is 13.2 Å². The maximum atomic E-state index is 13.0. The summed E-state index contributed by atoms with van der Waals surface area (Å²) >= 11 is 0. The minimum absolute atomic E-state index is 0.00208. The second-order valence-corrected chi connectivity index (χ2v) is 5.38. The Hall–Kier alpha value is -1.07. The largest absolute Gasteiger partial charge is 0.416 e. The Bertz CT molecular complexity index is 474. The molecule has 0 saturated carbocycles. The van der Waals surface area contributed by atoms with E-state index < -0.39 is 17.8 Å². The van der Waals surface area contributed by atoms with Crippen LogP contribution in [0.5, 0.6) is 0 Å². The Kier molecular flexibility index (Phi) is 3.06. The molecule has 4 atom stereocenters. The monoisotopic (exact) mass is 271 g/mol. The Balaban J connectivity index is 1.90. The van der Waals surface area contributed by atoms with Crippen molar-refractivity contribution >= 4 is 0 Å². The zero-order valence-corrected chi connectivity index (χ0v) is 10.4. The van der Waals surface area contributed by atoms with Crippen molar-refractivity contribution in [2.75, 3.05) is 0 Å². The van der Waals surface area contributed by atoms with Crippen LogP contribution in [0.15, 0.2) is 24.3 Å². The second-order valence-electron chi connectivity index (χ2n) is 5.38. The molecule has 2 heterocycles. The van der Waals surface area contributed by atoms with Crippen LogP contribution in [0.25, 0.3) is 0 Å². The molecule has 104 valence electrons. The van der Waals surface area contributed by atoms with E-state index in [1.54, 1.807) is 6.07 Å². The molecule has 2 bridgehead atoms. The van der Waals surface area contributed by atoms with E-state index in [0.717, 1.165) is 25.3 Å². The summed E-state index contributed by atoms with van der Waals surface area (Å²) in [7, 11) is 0. The number of halogens is 3. The van der Waals surface area contributed by atoms with Crippen molar-refractivity contribution in [2.24, 2.45) is 11.7 Å². The van der Waals surface area contributed by atoms with Crippen molar-refractivity contribution in [2.45, 2.75) is 43.7 Å². The molecule has 2 saturated heterocycles. The van der Waals surface area contributed by atoms with Crippen molar-refractivity contribution in [1.82, 2.24) is 0 Å². The van der Waals surface area contributed by atoms with Crippen LogP contribution in [-0.4, -0.2) is 12.2 Å². The first-order chi connectivity index (χ1) is 8.97. The fourth-order valence-electron chi connectivity index (χ4n) is 3.33. The highest BCUT2D eigenvalue weighted by atomic mass is 19.4. The zero-order chi connectivity index (χ0) is 13.6. The smallest absolute Gasteiger partial charge is 0.375 e. The van der Waals surface area contributed by atoms with Crippen LogP contribution < -0.4 is 5.73 Å². The Morgan fingerprint density at radius 3 is 2.53 bits per heavy atom. The number of benzene rings is 1. The van der Waals surface area contributed by atoms with Gasteiger partial charge in [0.15, 0.2) is 0 Å². The van der Waals surface area contributed by atoms with Gasteiger partial charge in [0, 0.05) is 12.0 Å². The standard InChI is InChI=1S/C14H16F3NO/c15-14(16,17)11-4-2-1-3-9(11)13(18)10-7-8-5-6-12(10)19-8/h1-4,8,10,12-13H,5-7,18H2. The lowest BCUT2D eigenvalue weighted by Crippen LogP contribution is -2.31. The minimum Gasteiger partial charge on any atom is -0.375 e. The number of rotatable bonds is 2. The maximum absolute atomic E-state index is 13.0. The molecule has 5 heteroatoms. The molecule has 0 aromatic heterocycles. The quantitative estimate of drug-likeness (QED) is 0.896. The lowest BCUT2D eigenvalue weighted by atomic mass is 9.80. The maximum Gasteiger partial charge on any atom is 0.416 e. The van der Waals surface area contributed by atoms with E-state index in [1.165, 1.54) is 12.1 Å². The van der Waals surface area contributed by atoms with Crippen molar-refractivity contribution < 1.29 is 17.9 Å². The van der Waals surface area contributed by atoms with Gasteiger partial charge in [0.25, 0.3) is 0 Å². The first-order valence-corrected chi connectivity index (χ1v) is 6.54. The molecule has 2 fully saturated rings. The third-order valence-corrected chi connectivity index (χ3v) is 4.24. The number of hydrogen-bond donors (Lipinski definition) is 1.